The monoisotopic (exact) mass is 345 g/mol. The summed E-state index contributed by atoms with van der Waals surface area (Å²) in [5, 5.41) is 17.8. The van der Waals surface area contributed by atoms with Gasteiger partial charge in [0.15, 0.2) is 5.60 Å². The summed E-state index contributed by atoms with van der Waals surface area (Å²) in [6, 6.07) is 12.1. The summed E-state index contributed by atoms with van der Waals surface area (Å²) >= 11 is 1.64. The summed E-state index contributed by atoms with van der Waals surface area (Å²) in [5.74, 6) is 1.21. The zero-order valence-corrected chi connectivity index (χ0v) is 14.7. The molecule has 2 aromatic rings. The van der Waals surface area contributed by atoms with Crippen LogP contribution in [0.2, 0.25) is 0 Å². The molecule has 128 valence electrons. The van der Waals surface area contributed by atoms with Gasteiger partial charge in [-0.2, -0.15) is 16.9 Å². The number of nitrogens with zero attached hydrogens (tertiary/aromatic N) is 2. The van der Waals surface area contributed by atoms with Crippen LogP contribution in [-0.4, -0.2) is 56.8 Å². The van der Waals surface area contributed by atoms with Crippen molar-refractivity contribution >= 4 is 17.7 Å². The third kappa shape index (κ3) is 3.82. The number of likely N-dealkylation sites (N-methyl/N-ethyl adjacent to an activating group) is 1. The lowest BCUT2D eigenvalue weighted by Crippen LogP contribution is -2.48. The average molecular weight is 345 g/mol. The van der Waals surface area contributed by atoms with Crippen molar-refractivity contribution < 1.29 is 9.90 Å². The van der Waals surface area contributed by atoms with Crippen molar-refractivity contribution in [2.75, 3.05) is 25.1 Å². The maximum absolute atomic E-state index is 12.3. The van der Waals surface area contributed by atoms with Gasteiger partial charge in [-0.3, -0.25) is 9.89 Å². The van der Waals surface area contributed by atoms with Crippen molar-refractivity contribution in [3.05, 3.63) is 42.1 Å². The Morgan fingerprint density at radius 2 is 2.21 bits per heavy atom. The highest BCUT2D eigenvalue weighted by atomic mass is 32.2. The largest absolute Gasteiger partial charge is 0.379 e. The van der Waals surface area contributed by atoms with Crippen molar-refractivity contribution in [3.63, 3.8) is 0 Å². The van der Waals surface area contributed by atoms with E-state index < -0.39 is 5.60 Å². The first-order valence-electron chi connectivity index (χ1n) is 8.24. The molecule has 0 radical (unpaired) electrons. The molecule has 1 saturated heterocycles. The predicted molar refractivity (Wildman–Crippen MR) is 96.9 cm³/mol. The summed E-state index contributed by atoms with van der Waals surface area (Å²) in [6.45, 7) is 0.630. The van der Waals surface area contributed by atoms with E-state index in [2.05, 4.69) is 16.3 Å². The van der Waals surface area contributed by atoms with Gasteiger partial charge in [0.05, 0.1) is 5.69 Å². The maximum atomic E-state index is 12.3. The Morgan fingerprint density at radius 1 is 1.42 bits per heavy atom. The zero-order valence-electron chi connectivity index (χ0n) is 13.9. The van der Waals surface area contributed by atoms with Gasteiger partial charge < -0.3 is 10.0 Å². The van der Waals surface area contributed by atoms with Crippen LogP contribution in [0, 0.1) is 0 Å². The number of amides is 1. The molecule has 6 heteroatoms. The van der Waals surface area contributed by atoms with Crippen LogP contribution in [0.25, 0.3) is 11.3 Å². The predicted octanol–water partition coefficient (Wildman–Crippen LogP) is 2.34. The van der Waals surface area contributed by atoms with Gasteiger partial charge in [0.25, 0.3) is 5.91 Å². The Hall–Kier alpha value is -1.79. The Balaban J connectivity index is 1.50. The lowest BCUT2D eigenvalue weighted by molar-refractivity contribution is -0.147. The Morgan fingerprint density at radius 3 is 2.92 bits per heavy atom. The van der Waals surface area contributed by atoms with Gasteiger partial charge in [-0.1, -0.05) is 30.3 Å². The number of hydrogen-bond donors (Lipinski definition) is 2. The minimum Gasteiger partial charge on any atom is -0.379 e. The van der Waals surface area contributed by atoms with Crippen LogP contribution in [0.1, 0.15) is 18.5 Å². The summed E-state index contributed by atoms with van der Waals surface area (Å²) in [6.07, 6.45) is 2.22. The highest BCUT2D eigenvalue weighted by Gasteiger charge is 2.41. The number of aliphatic hydroxyl groups is 1. The summed E-state index contributed by atoms with van der Waals surface area (Å²) in [4.78, 5) is 14.0. The molecule has 2 heterocycles. The second kappa shape index (κ2) is 7.40. The van der Waals surface area contributed by atoms with Crippen molar-refractivity contribution in [1.29, 1.82) is 0 Å². The van der Waals surface area contributed by atoms with Gasteiger partial charge >= 0.3 is 0 Å². The van der Waals surface area contributed by atoms with Gasteiger partial charge in [-0.25, -0.2) is 0 Å². The second-order valence-electron chi connectivity index (χ2n) is 6.31. The van der Waals surface area contributed by atoms with E-state index in [0.717, 1.165) is 35.5 Å². The molecule has 1 fully saturated rings. The highest BCUT2D eigenvalue weighted by Crippen LogP contribution is 2.29. The fraction of sp³-hybridized carbons (Fsp3) is 0.444. The molecular formula is C18H23N3O2S. The molecular weight excluding hydrogens is 322 g/mol. The van der Waals surface area contributed by atoms with Crippen LogP contribution < -0.4 is 0 Å². The molecule has 1 aliphatic rings. The van der Waals surface area contributed by atoms with E-state index in [-0.39, 0.29) is 5.91 Å². The number of benzene rings is 1. The number of aromatic amines is 1. The molecule has 5 nitrogen and oxygen atoms in total. The molecule has 1 aromatic heterocycles. The molecule has 1 aliphatic heterocycles. The van der Waals surface area contributed by atoms with Crippen molar-refractivity contribution in [1.82, 2.24) is 15.1 Å². The maximum Gasteiger partial charge on any atom is 0.255 e. The number of H-pyrrole nitrogens is 1. The van der Waals surface area contributed by atoms with Gasteiger partial charge in [0.1, 0.15) is 0 Å². The van der Waals surface area contributed by atoms with Crippen LogP contribution in [-0.2, 0) is 11.2 Å². The van der Waals surface area contributed by atoms with E-state index in [0.29, 0.717) is 18.7 Å². The fourth-order valence-corrected chi connectivity index (χ4v) is 4.16. The van der Waals surface area contributed by atoms with Crippen molar-refractivity contribution in [2.45, 2.75) is 24.9 Å². The Bertz CT molecular complexity index is 681. The van der Waals surface area contributed by atoms with Crippen LogP contribution in [0.5, 0.6) is 0 Å². The molecule has 1 aromatic carbocycles. The molecule has 24 heavy (non-hydrogen) atoms. The molecule has 3 rings (SSSR count). The van der Waals surface area contributed by atoms with E-state index in [1.807, 2.05) is 30.3 Å². The van der Waals surface area contributed by atoms with Crippen molar-refractivity contribution in [3.8, 4) is 11.3 Å². The van der Waals surface area contributed by atoms with Gasteiger partial charge in [-0.05, 0) is 31.1 Å². The SMILES string of the molecule is CN(CCCc1cc(-c2ccccc2)n[nH]1)C(=O)C1(O)CCSC1. The van der Waals surface area contributed by atoms with E-state index in [4.69, 9.17) is 0 Å². The van der Waals surface area contributed by atoms with E-state index in [1.165, 1.54) is 0 Å². The second-order valence-corrected chi connectivity index (χ2v) is 7.41. The minimum absolute atomic E-state index is 0.151. The molecule has 1 amide bonds. The fourth-order valence-electron chi connectivity index (χ4n) is 2.93. The Labute approximate surface area is 146 Å². The van der Waals surface area contributed by atoms with Gasteiger partial charge in [-0.15, -0.1) is 0 Å². The summed E-state index contributed by atoms with van der Waals surface area (Å²) < 4.78 is 0. The molecule has 0 aliphatic carbocycles. The number of carbonyl (C=O) groups excluding carboxylic acids is 1. The zero-order chi connectivity index (χ0) is 17.0. The topological polar surface area (TPSA) is 69.2 Å². The molecule has 1 unspecified atom stereocenters. The standard InChI is InChI=1S/C18H23N3O2S/c1-21(17(22)18(23)9-11-24-13-18)10-5-8-15-12-16(20-19-15)14-6-3-2-4-7-14/h2-4,6-7,12,23H,5,8-11,13H2,1H3,(H,19,20). The normalized spacial score (nSPS) is 20.2. The molecule has 0 saturated carbocycles. The third-order valence-corrected chi connectivity index (χ3v) is 5.56. The van der Waals surface area contributed by atoms with Crippen LogP contribution in [0.15, 0.2) is 36.4 Å². The lowest BCUT2D eigenvalue weighted by atomic mass is 10.0. The van der Waals surface area contributed by atoms with E-state index in [9.17, 15) is 9.90 Å². The molecule has 2 N–H and O–H groups in total. The number of thioether (sulfide) groups is 1. The molecule has 0 spiro atoms. The van der Waals surface area contributed by atoms with Gasteiger partial charge in [0, 0.05) is 30.6 Å². The van der Waals surface area contributed by atoms with Crippen LogP contribution >= 0.6 is 11.8 Å². The average Bonchev–Trinajstić information content (AvgIpc) is 3.25. The lowest BCUT2D eigenvalue weighted by Gasteiger charge is -2.27. The Kier molecular flexibility index (Phi) is 5.26. The number of aromatic nitrogens is 2. The quantitative estimate of drug-likeness (QED) is 0.843. The van der Waals surface area contributed by atoms with Crippen LogP contribution in [0.4, 0.5) is 0 Å². The summed E-state index contributed by atoms with van der Waals surface area (Å²) in [7, 11) is 1.77. The number of aryl methyl sites for hydroxylation is 1. The smallest absolute Gasteiger partial charge is 0.255 e. The van der Waals surface area contributed by atoms with Crippen LogP contribution in [0.3, 0.4) is 0 Å². The number of hydrogen-bond acceptors (Lipinski definition) is 4. The van der Waals surface area contributed by atoms with Crippen molar-refractivity contribution in [2.24, 2.45) is 0 Å². The molecule has 1 atom stereocenters. The third-order valence-electron chi connectivity index (χ3n) is 4.39. The number of nitrogens with one attached hydrogen (secondary N) is 1. The first-order valence-corrected chi connectivity index (χ1v) is 9.39. The number of carbonyl (C=O) groups is 1. The first-order chi connectivity index (χ1) is 11.6. The molecule has 0 bridgehead atoms. The number of rotatable bonds is 6. The first kappa shape index (κ1) is 17.0. The van der Waals surface area contributed by atoms with E-state index in [1.54, 1.807) is 23.7 Å². The minimum atomic E-state index is -1.16. The summed E-state index contributed by atoms with van der Waals surface area (Å²) in [5.41, 5.74) is 1.93. The van der Waals surface area contributed by atoms with E-state index >= 15 is 0 Å². The highest BCUT2D eigenvalue weighted by molar-refractivity contribution is 7.99. The van der Waals surface area contributed by atoms with Gasteiger partial charge in [0.2, 0.25) is 0 Å².